The molecule has 0 spiro atoms. The summed E-state index contributed by atoms with van der Waals surface area (Å²) in [5, 5.41) is 14.1. The number of amides is 1. The van der Waals surface area contributed by atoms with Crippen molar-refractivity contribution in [3.63, 3.8) is 0 Å². The van der Waals surface area contributed by atoms with Crippen LogP contribution in [0, 0.1) is 12.8 Å². The predicted octanol–water partition coefficient (Wildman–Crippen LogP) is 4.25. The maximum Gasteiger partial charge on any atom is 0.249 e. The normalized spacial score (nSPS) is 25.4. The lowest BCUT2D eigenvalue weighted by Gasteiger charge is -2.36. The Balaban J connectivity index is 1.12. The van der Waals surface area contributed by atoms with Crippen LogP contribution < -0.4 is 16.0 Å². The quantitative estimate of drug-likeness (QED) is 0.390. The summed E-state index contributed by atoms with van der Waals surface area (Å²) in [6, 6.07) is 1.71. The lowest BCUT2D eigenvalue weighted by molar-refractivity contribution is -0.150. The minimum absolute atomic E-state index is 0.292. The van der Waals surface area contributed by atoms with E-state index in [1.165, 1.54) is 12.8 Å². The van der Waals surface area contributed by atoms with Gasteiger partial charge in [0.25, 0.3) is 0 Å². The standard InChI is InChI=1S/C24H33BrF2N8O/c1-14-20(13-35(33-14)18-8-16-4-5-17(9-18)34(16)2)31-23-30-12-19(25)21(32-23)28-6-3-7-29-22(36)15-10-24(26,27)11-15/h12-13,15-18H,3-11H2,1-2H3,(H,29,36)(H2,28,30,31,32). The molecule has 1 saturated carbocycles. The number of nitrogens with one attached hydrogen (secondary N) is 3. The van der Waals surface area contributed by atoms with E-state index in [1.54, 1.807) is 6.20 Å². The molecule has 0 radical (unpaired) electrons. The van der Waals surface area contributed by atoms with Gasteiger partial charge in [-0.2, -0.15) is 10.1 Å². The van der Waals surface area contributed by atoms with E-state index in [2.05, 4.69) is 64.7 Å². The molecule has 2 saturated heterocycles. The summed E-state index contributed by atoms with van der Waals surface area (Å²) in [7, 11) is 2.24. The highest BCUT2D eigenvalue weighted by Gasteiger charge is 2.48. The van der Waals surface area contributed by atoms with Crippen LogP contribution >= 0.6 is 15.9 Å². The van der Waals surface area contributed by atoms with Gasteiger partial charge in [0.1, 0.15) is 5.82 Å². The summed E-state index contributed by atoms with van der Waals surface area (Å²) < 4.78 is 28.7. The van der Waals surface area contributed by atoms with Crippen LogP contribution in [0.1, 0.15) is 56.7 Å². The zero-order valence-electron chi connectivity index (χ0n) is 20.6. The van der Waals surface area contributed by atoms with Crippen LogP contribution in [-0.2, 0) is 4.79 Å². The Hall–Kier alpha value is -2.34. The topological polar surface area (TPSA) is 100 Å². The monoisotopic (exact) mass is 566 g/mol. The van der Waals surface area contributed by atoms with Gasteiger partial charge in [-0.15, -0.1) is 0 Å². The second kappa shape index (κ2) is 10.2. The Morgan fingerprint density at radius 3 is 2.61 bits per heavy atom. The molecule has 9 nitrogen and oxygen atoms in total. The van der Waals surface area contributed by atoms with Crippen molar-refractivity contribution in [3.05, 3.63) is 22.6 Å². The zero-order chi connectivity index (χ0) is 25.4. The van der Waals surface area contributed by atoms with E-state index in [4.69, 9.17) is 5.10 Å². The first-order chi connectivity index (χ1) is 17.2. The molecule has 5 rings (SSSR count). The second-order valence-electron chi connectivity index (χ2n) is 10.3. The van der Waals surface area contributed by atoms with Crippen LogP contribution in [0.15, 0.2) is 16.9 Å². The Morgan fingerprint density at radius 2 is 1.92 bits per heavy atom. The molecule has 3 aliphatic rings. The smallest absolute Gasteiger partial charge is 0.249 e. The largest absolute Gasteiger partial charge is 0.369 e. The van der Waals surface area contributed by atoms with E-state index in [-0.39, 0.29) is 18.7 Å². The number of anilines is 3. The molecule has 2 atom stereocenters. The molecule has 3 fully saturated rings. The van der Waals surface area contributed by atoms with E-state index in [1.807, 2.05) is 6.92 Å². The third kappa shape index (κ3) is 5.49. The molecule has 36 heavy (non-hydrogen) atoms. The van der Waals surface area contributed by atoms with Crippen molar-refractivity contribution < 1.29 is 13.6 Å². The second-order valence-corrected chi connectivity index (χ2v) is 11.2. The van der Waals surface area contributed by atoms with Crippen molar-refractivity contribution in [1.82, 2.24) is 30.0 Å². The summed E-state index contributed by atoms with van der Waals surface area (Å²) in [5.41, 5.74) is 1.79. The minimum Gasteiger partial charge on any atom is -0.369 e. The number of carbonyl (C=O) groups excluding carboxylic acids is 1. The Labute approximate surface area is 217 Å². The third-order valence-electron chi connectivity index (χ3n) is 7.76. The number of fused-ring (bicyclic) bond motifs is 2. The Kier molecular flexibility index (Phi) is 7.17. The van der Waals surface area contributed by atoms with Crippen LogP contribution in [0.5, 0.6) is 0 Å². The number of aromatic nitrogens is 4. The number of hydrogen-bond acceptors (Lipinski definition) is 7. The van der Waals surface area contributed by atoms with Gasteiger partial charge in [0.15, 0.2) is 0 Å². The molecule has 2 aromatic heterocycles. The number of piperidine rings is 1. The van der Waals surface area contributed by atoms with Gasteiger partial charge in [0.05, 0.1) is 21.9 Å². The van der Waals surface area contributed by atoms with Gasteiger partial charge >= 0.3 is 0 Å². The molecule has 2 bridgehead atoms. The molecule has 3 N–H and O–H groups in total. The molecular weight excluding hydrogens is 534 g/mol. The molecule has 4 heterocycles. The van der Waals surface area contributed by atoms with E-state index in [9.17, 15) is 13.6 Å². The minimum atomic E-state index is -2.68. The van der Waals surface area contributed by atoms with Gasteiger partial charge < -0.3 is 20.9 Å². The summed E-state index contributed by atoms with van der Waals surface area (Å²) in [4.78, 5) is 23.4. The maximum absolute atomic E-state index is 12.9. The number of aryl methyl sites for hydroxylation is 1. The molecular formula is C24H33BrF2N8O. The van der Waals surface area contributed by atoms with E-state index >= 15 is 0 Å². The highest BCUT2D eigenvalue weighted by molar-refractivity contribution is 9.10. The first-order valence-corrected chi connectivity index (χ1v) is 13.4. The van der Waals surface area contributed by atoms with Gasteiger partial charge in [0, 0.05) is 56.3 Å². The number of alkyl halides is 2. The Bertz CT molecular complexity index is 1090. The molecule has 0 aromatic carbocycles. The summed E-state index contributed by atoms with van der Waals surface area (Å²) >= 11 is 3.47. The van der Waals surface area contributed by atoms with Gasteiger partial charge in [0.2, 0.25) is 17.8 Å². The molecule has 1 amide bonds. The van der Waals surface area contributed by atoms with Crippen LogP contribution in [-0.4, -0.2) is 68.7 Å². The summed E-state index contributed by atoms with van der Waals surface area (Å²) in [5.74, 6) is -2.45. The van der Waals surface area contributed by atoms with Gasteiger partial charge in [-0.25, -0.2) is 13.8 Å². The SMILES string of the molecule is Cc1nn(C2CC3CCC(C2)N3C)cc1Nc1ncc(Br)c(NCCCNC(=O)C2CC(F)(F)C2)n1. The third-order valence-corrected chi connectivity index (χ3v) is 8.34. The highest BCUT2D eigenvalue weighted by Crippen LogP contribution is 2.42. The first-order valence-electron chi connectivity index (χ1n) is 12.6. The van der Waals surface area contributed by atoms with Crippen molar-refractivity contribution in [2.45, 2.75) is 75.9 Å². The number of halogens is 3. The predicted molar refractivity (Wildman–Crippen MR) is 137 cm³/mol. The van der Waals surface area contributed by atoms with E-state index < -0.39 is 11.8 Å². The lowest BCUT2D eigenvalue weighted by atomic mass is 9.81. The zero-order valence-corrected chi connectivity index (χ0v) is 22.2. The molecule has 196 valence electrons. The number of carbonyl (C=O) groups is 1. The molecule has 12 heteroatoms. The van der Waals surface area contributed by atoms with Gasteiger partial charge in [-0.1, -0.05) is 0 Å². The fourth-order valence-electron chi connectivity index (χ4n) is 5.56. The molecule has 2 unspecified atom stereocenters. The van der Waals surface area contributed by atoms with Gasteiger partial charge in [-0.05, 0) is 62.0 Å². The van der Waals surface area contributed by atoms with Crippen LogP contribution in [0.3, 0.4) is 0 Å². The fraction of sp³-hybridized carbons (Fsp3) is 0.667. The molecule has 2 aliphatic heterocycles. The van der Waals surface area contributed by atoms with Crippen molar-refractivity contribution in [2.24, 2.45) is 5.92 Å². The summed E-state index contributed by atoms with van der Waals surface area (Å²) in [6.45, 7) is 2.96. The maximum atomic E-state index is 12.9. The number of hydrogen-bond donors (Lipinski definition) is 3. The van der Waals surface area contributed by atoms with Crippen LogP contribution in [0.2, 0.25) is 0 Å². The van der Waals surface area contributed by atoms with Crippen LogP contribution in [0.25, 0.3) is 0 Å². The van der Waals surface area contributed by atoms with E-state index in [0.717, 1.165) is 28.7 Å². The van der Waals surface area contributed by atoms with Crippen LogP contribution in [0.4, 0.5) is 26.2 Å². The fourth-order valence-corrected chi connectivity index (χ4v) is 5.89. The van der Waals surface area contributed by atoms with Gasteiger partial charge in [-0.3, -0.25) is 9.48 Å². The van der Waals surface area contributed by atoms with Crippen molar-refractivity contribution >= 4 is 39.3 Å². The number of nitrogens with zero attached hydrogens (tertiary/aromatic N) is 5. The van der Waals surface area contributed by atoms with Crippen molar-refractivity contribution in [3.8, 4) is 0 Å². The average molecular weight is 567 g/mol. The Morgan fingerprint density at radius 1 is 1.19 bits per heavy atom. The first kappa shape index (κ1) is 25.3. The highest BCUT2D eigenvalue weighted by atomic mass is 79.9. The molecule has 2 aromatic rings. The number of rotatable bonds is 9. The summed E-state index contributed by atoms with van der Waals surface area (Å²) in [6.07, 6.45) is 8.49. The molecule has 1 aliphatic carbocycles. The average Bonchev–Trinajstić information content (AvgIpc) is 3.25. The lowest BCUT2D eigenvalue weighted by Crippen LogP contribution is -2.45. The van der Waals surface area contributed by atoms with Crippen molar-refractivity contribution in [1.29, 1.82) is 0 Å². The van der Waals surface area contributed by atoms with E-state index in [0.29, 0.717) is 49.4 Å². The van der Waals surface area contributed by atoms with Crippen molar-refractivity contribution in [2.75, 3.05) is 30.8 Å².